The number of hydrogen-bond acceptors (Lipinski definition) is 1. The van der Waals surface area contributed by atoms with Crippen LogP contribution < -0.4 is 0 Å². The zero-order valence-electron chi connectivity index (χ0n) is 3.66. The summed E-state index contributed by atoms with van der Waals surface area (Å²) in [5.74, 6) is 0.891. The average molecular weight is 136 g/mol. The summed E-state index contributed by atoms with van der Waals surface area (Å²) in [5.41, 5.74) is 0. The Hall–Kier alpha value is 0.0700. The van der Waals surface area contributed by atoms with Crippen LogP contribution in [0.25, 0.3) is 0 Å². The molecule has 0 amide bonds. The van der Waals surface area contributed by atoms with Crippen molar-refractivity contribution in [3.8, 4) is 0 Å². The lowest BCUT2D eigenvalue weighted by molar-refractivity contribution is -0.135. The van der Waals surface area contributed by atoms with Crippen molar-refractivity contribution in [2.24, 2.45) is 0 Å². The second-order valence-electron chi connectivity index (χ2n) is 0.930. The first-order valence-corrected chi connectivity index (χ1v) is 4.29. The van der Waals surface area contributed by atoms with E-state index in [1.807, 2.05) is 0 Å². The normalized spacial score (nSPS) is 9.86. The van der Waals surface area contributed by atoms with Gasteiger partial charge in [0.2, 0.25) is 0 Å². The Balaban J connectivity index is 3.14. The molecule has 0 aliphatic carbocycles. The van der Waals surface area contributed by atoms with Crippen molar-refractivity contribution in [3.05, 3.63) is 0 Å². The van der Waals surface area contributed by atoms with Crippen molar-refractivity contribution in [2.45, 2.75) is 6.42 Å². The van der Waals surface area contributed by atoms with Gasteiger partial charge in [-0.05, 0) is 5.80 Å². The Bertz CT molecular complexity index is 88.9. The Morgan fingerprint density at radius 3 is 2.71 bits per heavy atom. The summed E-state index contributed by atoms with van der Waals surface area (Å²) in [4.78, 5) is 9.71. The number of hydrogen-bond donors (Lipinski definition) is 1. The minimum atomic E-state index is -0.769. The molecule has 0 aliphatic heterocycles. The molecule has 0 aromatic heterocycles. The van der Waals surface area contributed by atoms with Gasteiger partial charge in [0.25, 0.3) is 0 Å². The average Bonchev–Trinajstić information content (AvgIpc) is 1.61. The lowest BCUT2D eigenvalue weighted by Gasteiger charge is -1.76. The van der Waals surface area contributed by atoms with Crippen LogP contribution in [0.4, 0.5) is 0 Å². The van der Waals surface area contributed by atoms with Crippen molar-refractivity contribution < 1.29 is 9.90 Å². The van der Waals surface area contributed by atoms with Crippen molar-refractivity contribution >= 4 is 28.6 Å². The Morgan fingerprint density at radius 1 is 2.00 bits per heavy atom. The molecule has 0 radical (unpaired) electrons. The smallest absolute Gasteiger partial charge is 0.307 e. The van der Waals surface area contributed by atoms with Crippen molar-refractivity contribution in [1.82, 2.24) is 0 Å². The van der Waals surface area contributed by atoms with Gasteiger partial charge in [-0.1, -0.05) is 16.8 Å². The summed E-state index contributed by atoms with van der Waals surface area (Å²) < 4.78 is 0. The number of aliphatic carboxylic acids is 1. The van der Waals surface area contributed by atoms with Crippen molar-refractivity contribution in [3.63, 3.8) is 0 Å². The summed E-state index contributed by atoms with van der Waals surface area (Å²) in [6, 6.07) is 0. The molecule has 0 aromatic rings. The minimum Gasteiger partial charge on any atom is -0.481 e. The number of carboxylic acids is 1. The Morgan fingerprint density at radius 2 is 2.57 bits per heavy atom. The SMILES string of the molecule is O=C(O)CC=PP. The summed E-state index contributed by atoms with van der Waals surface area (Å²) in [6.07, 6.45) is 0.158. The van der Waals surface area contributed by atoms with Gasteiger partial charge < -0.3 is 5.11 Å². The molecule has 0 saturated carbocycles. The molecule has 1 atom stereocenters. The van der Waals surface area contributed by atoms with E-state index in [4.69, 9.17) is 5.11 Å². The zero-order valence-corrected chi connectivity index (χ0v) is 5.71. The van der Waals surface area contributed by atoms with E-state index < -0.39 is 5.97 Å². The highest BCUT2D eigenvalue weighted by molar-refractivity contribution is 8.01. The van der Waals surface area contributed by atoms with Crippen LogP contribution in [0.1, 0.15) is 6.42 Å². The molecule has 1 N–H and O–H groups in total. The molecule has 4 heteroatoms. The zero-order chi connectivity index (χ0) is 5.70. The van der Waals surface area contributed by atoms with E-state index in [-0.39, 0.29) is 6.42 Å². The second-order valence-corrected chi connectivity index (χ2v) is 2.49. The van der Waals surface area contributed by atoms with Gasteiger partial charge in [-0.2, -0.15) is 0 Å². The van der Waals surface area contributed by atoms with Gasteiger partial charge in [0.05, 0.1) is 6.42 Å². The summed E-state index contributed by atoms with van der Waals surface area (Å²) in [6.45, 7) is 0. The van der Waals surface area contributed by atoms with Crippen molar-refractivity contribution in [2.75, 3.05) is 0 Å². The molecule has 0 spiro atoms. The predicted molar refractivity (Wildman–Crippen MR) is 34.9 cm³/mol. The molecule has 40 valence electrons. The van der Waals surface area contributed by atoms with Crippen molar-refractivity contribution in [1.29, 1.82) is 0 Å². The Kier molecular flexibility index (Phi) is 4.28. The van der Waals surface area contributed by atoms with Gasteiger partial charge in [-0.25, -0.2) is 0 Å². The fraction of sp³-hybridized carbons (Fsp3) is 0.333. The van der Waals surface area contributed by atoms with Crippen LogP contribution in [0.15, 0.2) is 0 Å². The molecule has 0 aliphatic rings. The molecule has 7 heavy (non-hydrogen) atoms. The molecular formula is C3H6O2P2. The first-order valence-electron chi connectivity index (χ1n) is 1.71. The maximum Gasteiger partial charge on any atom is 0.307 e. The molecule has 0 heterocycles. The summed E-state index contributed by atoms with van der Waals surface area (Å²) in [7, 11) is 3.35. The van der Waals surface area contributed by atoms with E-state index in [0.717, 1.165) is 7.89 Å². The molecule has 0 aromatic carbocycles. The maximum atomic E-state index is 9.71. The highest BCUT2D eigenvalue weighted by Crippen LogP contribution is 2.04. The first kappa shape index (κ1) is 7.07. The van der Waals surface area contributed by atoms with Crippen LogP contribution in [0.5, 0.6) is 0 Å². The van der Waals surface area contributed by atoms with Gasteiger partial charge in [-0.15, -0.1) is 0 Å². The van der Waals surface area contributed by atoms with Crippen LogP contribution in [0, 0.1) is 0 Å². The van der Waals surface area contributed by atoms with Gasteiger partial charge >= 0.3 is 5.97 Å². The predicted octanol–water partition coefficient (Wildman–Crippen LogP) is 1.000. The van der Waals surface area contributed by atoms with Gasteiger partial charge in [0.15, 0.2) is 0 Å². The van der Waals surface area contributed by atoms with Crippen LogP contribution in [0.2, 0.25) is 0 Å². The van der Waals surface area contributed by atoms with Gasteiger partial charge in [0.1, 0.15) is 0 Å². The van der Waals surface area contributed by atoms with Gasteiger partial charge in [0, 0.05) is 0 Å². The highest BCUT2D eigenvalue weighted by atomic mass is 32.0. The largest absolute Gasteiger partial charge is 0.481 e. The third kappa shape index (κ3) is 6.07. The van der Waals surface area contributed by atoms with Crippen LogP contribution in [-0.2, 0) is 4.79 Å². The lowest BCUT2D eigenvalue weighted by Crippen LogP contribution is -1.91. The second kappa shape index (κ2) is 4.23. The van der Waals surface area contributed by atoms with E-state index in [9.17, 15) is 4.79 Å². The first-order chi connectivity index (χ1) is 3.27. The fourth-order valence-corrected chi connectivity index (χ4v) is 0.709. The number of carboxylic acid groups (broad SMARTS) is 1. The van der Waals surface area contributed by atoms with E-state index in [0.29, 0.717) is 0 Å². The van der Waals surface area contributed by atoms with E-state index >= 15 is 0 Å². The topological polar surface area (TPSA) is 37.3 Å². The van der Waals surface area contributed by atoms with Crippen LogP contribution in [-0.4, -0.2) is 16.9 Å². The third-order valence-electron chi connectivity index (χ3n) is 0.371. The Labute approximate surface area is 45.8 Å². The monoisotopic (exact) mass is 136 g/mol. The molecule has 0 bridgehead atoms. The van der Waals surface area contributed by atoms with Gasteiger partial charge in [-0.3, -0.25) is 4.79 Å². The number of carbonyl (C=O) groups is 1. The third-order valence-corrected chi connectivity index (χ3v) is 1.40. The molecule has 2 nitrogen and oxygen atoms in total. The molecule has 1 unspecified atom stereocenters. The highest BCUT2D eigenvalue weighted by Gasteiger charge is 1.85. The van der Waals surface area contributed by atoms with E-state index in [1.54, 1.807) is 5.80 Å². The lowest BCUT2D eigenvalue weighted by atomic mass is 10.5. The molecule has 0 saturated heterocycles. The summed E-state index contributed by atoms with van der Waals surface area (Å²) in [5, 5.41) is 8.00. The fourth-order valence-electron chi connectivity index (χ4n) is 0.131. The van der Waals surface area contributed by atoms with Crippen LogP contribution >= 0.6 is 16.8 Å². The van der Waals surface area contributed by atoms with E-state index in [1.165, 1.54) is 0 Å². The minimum absolute atomic E-state index is 0.158. The molecule has 0 rings (SSSR count). The van der Waals surface area contributed by atoms with Crippen LogP contribution in [0.3, 0.4) is 0 Å². The molecular weight excluding hydrogens is 130 g/mol. The van der Waals surface area contributed by atoms with E-state index in [2.05, 4.69) is 8.93 Å². The maximum absolute atomic E-state index is 9.71. The quantitative estimate of drug-likeness (QED) is 0.575. The standard InChI is InChI=1S/C3H6O2P2/c4-3(5)1-2-7-6/h2H,1,6H2,(H,4,5). The number of rotatable bonds is 2. The molecule has 0 fully saturated rings. The summed E-state index contributed by atoms with van der Waals surface area (Å²) >= 11 is 0.